The summed E-state index contributed by atoms with van der Waals surface area (Å²) in [5, 5.41) is 0. The highest BCUT2D eigenvalue weighted by molar-refractivity contribution is 7.86. The first-order chi connectivity index (χ1) is 10.3. The molecule has 0 aromatic heterocycles. The smallest absolute Gasteiger partial charge is 0.291 e. The number of carbonyl (C=O) groups is 1. The SMILES string of the molecule is Cc1ccc(S(=O)(=O)O[C@H](C)C(=O)c2ccccc2C)cc1. The minimum Gasteiger partial charge on any atom is -0.291 e. The van der Waals surface area contributed by atoms with Crippen molar-refractivity contribution in [3.05, 3.63) is 65.2 Å². The maximum absolute atomic E-state index is 12.3. The second-order valence-electron chi connectivity index (χ2n) is 5.18. The van der Waals surface area contributed by atoms with E-state index in [1.165, 1.54) is 19.1 Å². The second kappa shape index (κ2) is 6.42. The van der Waals surface area contributed by atoms with Gasteiger partial charge in [0.05, 0.1) is 4.90 Å². The average molecular weight is 318 g/mol. The van der Waals surface area contributed by atoms with E-state index in [0.29, 0.717) is 5.56 Å². The van der Waals surface area contributed by atoms with Gasteiger partial charge in [-0.3, -0.25) is 8.98 Å². The number of hydrogen-bond donors (Lipinski definition) is 0. The van der Waals surface area contributed by atoms with Crippen molar-refractivity contribution in [2.24, 2.45) is 0 Å². The lowest BCUT2D eigenvalue weighted by Crippen LogP contribution is -2.25. The first-order valence-corrected chi connectivity index (χ1v) is 8.32. The van der Waals surface area contributed by atoms with Crippen LogP contribution in [0.5, 0.6) is 0 Å². The summed E-state index contributed by atoms with van der Waals surface area (Å²) < 4.78 is 29.5. The minimum absolute atomic E-state index is 0.0440. The summed E-state index contributed by atoms with van der Waals surface area (Å²) in [7, 11) is -3.96. The summed E-state index contributed by atoms with van der Waals surface area (Å²) in [6, 6.07) is 13.3. The zero-order valence-electron chi connectivity index (χ0n) is 12.7. The summed E-state index contributed by atoms with van der Waals surface area (Å²) in [5.41, 5.74) is 2.20. The Morgan fingerprint density at radius 1 is 1.00 bits per heavy atom. The van der Waals surface area contributed by atoms with Gasteiger partial charge in [-0.25, -0.2) is 0 Å². The monoisotopic (exact) mass is 318 g/mol. The number of Topliss-reactive ketones (excluding diaryl/α,β-unsaturated/α-hetero) is 1. The van der Waals surface area contributed by atoms with Crippen LogP contribution >= 0.6 is 0 Å². The lowest BCUT2D eigenvalue weighted by molar-refractivity contribution is 0.0825. The standard InChI is InChI=1S/C17H18O4S/c1-12-8-10-15(11-9-12)22(19,20)21-14(3)17(18)16-7-5-4-6-13(16)2/h4-11,14H,1-3H3/t14-/m1/s1. The van der Waals surface area contributed by atoms with Crippen LogP contribution in [0.3, 0.4) is 0 Å². The van der Waals surface area contributed by atoms with Gasteiger partial charge in [0.15, 0.2) is 5.78 Å². The van der Waals surface area contributed by atoms with Crippen LogP contribution in [0.1, 0.15) is 28.4 Å². The molecule has 0 N–H and O–H groups in total. The fourth-order valence-electron chi connectivity index (χ4n) is 2.06. The van der Waals surface area contributed by atoms with Gasteiger partial charge < -0.3 is 0 Å². The number of aryl methyl sites for hydroxylation is 2. The third kappa shape index (κ3) is 3.61. The predicted octanol–water partition coefficient (Wildman–Crippen LogP) is 3.28. The molecule has 116 valence electrons. The van der Waals surface area contributed by atoms with Crippen LogP contribution in [-0.4, -0.2) is 20.3 Å². The maximum Gasteiger partial charge on any atom is 0.297 e. The molecule has 2 rings (SSSR count). The molecular formula is C17H18O4S. The van der Waals surface area contributed by atoms with Crippen molar-refractivity contribution in [2.75, 3.05) is 0 Å². The number of carbonyl (C=O) groups excluding carboxylic acids is 1. The molecule has 0 bridgehead atoms. The first kappa shape index (κ1) is 16.4. The molecule has 0 aliphatic heterocycles. The Morgan fingerprint density at radius 2 is 1.59 bits per heavy atom. The van der Waals surface area contributed by atoms with E-state index in [1.807, 2.05) is 13.0 Å². The van der Waals surface area contributed by atoms with Crippen molar-refractivity contribution >= 4 is 15.9 Å². The second-order valence-corrected chi connectivity index (χ2v) is 6.76. The van der Waals surface area contributed by atoms with E-state index in [-0.39, 0.29) is 10.7 Å². The molecule has 0 aliphatic rings. The lowest BCUT2D eigenvalue weighted by atomic mass is 10.0. The van der Waals surface area contributed by atoms with Crippen LogP contribution in [0.4, 0.5) is 0 Å². The van der Waals surface area contributed by atoms with E-state index in [9.17, 15) is 13.2 Å². The van der Waals surface area contributed by atoms with Gasteiger partial charge in [0, 0.05) is 5.56 Å². The lowest BCUT2D eigenvalue weighted by Gasteiger charge is -2.13. The van der Waals surface area contributed by atoms with E-state index >= 15 is 0 Å². The van der Waals surface area contributed by atoms with Crippen LogP contribution < -0.4 is 0 Å². The number of hydrogen-bond acceptors (Lipinski definition) is 4. The Hall–Kier alpha value is -1.98. The topological polar surface area (TPSA) is 60.4 Å². The van der Waals surface area contributed by atoms with Gasteiger partial charge >= 0.3 is 0 Å². The van der Waals surface area contributed by atoms with E-state index in [0.717, 1.165) is 11.1 Å². The molecule has 0 saturated carbocycles. The van der Waals surface area contributed by atoms with Crippen molar-refractivity contribution < 1.29 is 17.4 Å². The van der Waals surface area contributed by atoms with E-state index in [1.54, 1.807) is 37.3 Å². The van der Waals surface area contributed by atoms with Gasteiger partial charge in [0.25, 0.3) is 10.1 Å². The Kier molecular flexibility index (Phi) is 4.78. The molecule has 0 amide bonds. The van der Waals surface area contributed by atoms with Gasteiger partial charge in [-0.05, 0) is 38.5 Å². The van der Waals surface area contributed by atoms with Crippen LogP contribution in [0.25, 0.3) is 0 Å². The Morgan fingerprint density at radius 3 is 2.18 bits per heavy atom. The first-order valence-electron chi connectivity index (χ1n) is 6.91. The van der Waals surface area contributed by atoms with E-state index in [4.69, 9.17) is 4.18 Å². The third-order valence-electron chi connectivity index (χ3n) is 3.36. The molecule has 0 saturated heterocycles. The zero-order chi connectivity index (χ0) is 16.3. The zero-order valence-corrected chi connectivity index (χ0v) is 13.6. The molecule has 1 atom stereocenters. The molecular weight excluding hydrogens is 300 g/mol. The van der Waals surface area contributed by atoms with Gasteiger partial charge in [-0.2, -0.15) is 8.42 Å². The Balaban J connectivity index is 2.21. The molecule has 0 aliphatic carbocycles. The van der Waals surface area contributed by atoms with Crippen LogP contribution in [0.2, 0.25) is 0 Å². The maximum atomic E-state index is 12.3. The number of ketones is 1. The minimum atomic E-state index is -3.96. The molecule has 4 nitrogen and oxygen atoms in total. The fraction of sp³-hybridized carbons (Fsp3) is 0.235. The number of benzene rings is 2. The van der Waals surface area contributed by atoms with Gasteiger partial charge in [0.1, 0.15) is 6.10 Å². The predicted molar refractivity (Wildman–Crippen MR) is 84.4 cm³/mol. The van der Waals surface area contributed by atoms with E-state index < -0.39 is 16.2 Å². The Labute approximate surface area is 130 Å². The van der Waals surface area contributed by atoms with E-state index in [2.05, 4.69) is 0 Å². The summed E-state index contributed by atoms with van der Waals surface area (Å²) in [6.07, 6.45) is -1.08. The molecule has 0 fully saturated rings. The molecule has 0 spiro atoms. The summed E-state index contributed by atoms with van der Waals surface area (Å²) in [4.78, 5) is 12.4. The summed E-state index contributed by atoms with van der Waals surface area (Å²) >= 11 is 0. The van der Waals surface area contributed by atoms with Crippen LogP contribution in [0.15, 0.2) is 53.4 Å². The van der Waals surface area contributed by atoms with Crippen molar-refractivity contribution in [1.82, 2.24) is 0 Å². The highest BCUT2D eigenvalue weighted by Gasteiger charge is 2.25. The van der Waals surface area contributed by atoms with Crippen LogP contribution in [-0.2, 0) is 14.3 Å². The third-order valence-corrected chi connectivity index (χ3v) is 4.75. The Bertz CT molecular complexity index is 777. The molecule has 2 aromatic carbocycles. The molecule has 22 heavy (non-hydrogen) atoms. The van der Waals surface area contributed by atoms with Crippen molar-refractivity contribution in [2.45, 2.75) is 31.8 Å². The van der Waals surface area contributed by atoms with Gasteiger partial charge in [-0.1, -0.05) is 42.0 Å². The van der Waals surface area contributed by atoms with Crippen molar-refractivity contribution in [3.63, 3.8) is 0 Å². The summed E-state index contributed by atoms with van der Waals surface area (Å²) in [6.45, 7) is 5.11. The highest BCUT2D eigenvalue weighted by Crippen LogP contribution is 2.18. The highest BCUT2D eigenvalue weighted by atomic mass is 32.2. The molecule has 0 unspecified atom stereocenters. The normalized spacial score (nSPS) is 12.9. The van der Waals surface area contributed by atoms with Gasteiger partial charge in [-0.15, -0.1) is 0 Å². The van der Waals surface area contributed by atoms with Crippen molar-refractivity contribution in [1.29, 1.82) is 0 Å². The average Bonchev–Trinajstić information content (AvgIpc) is 2.47. The largest absolute Gasteiger partial charge is 0.297 e. The molecule has 0 radical (unpaired) electrons. The van der Waals surface area contributed by atoms with Crippen molar-refractivity contribution in [3.8, 4) is 0 Å². The fourth-order valence-corrected chi connectivity index (χ4v) is 3.11. The molecule has 5 heteroatoms. The van der Waals surface area contributed by atoms with Crippen LogP contribution in [0, 0.1) is 13.8 Å². The van der Waals surface area contributed by atoms with Gasteiger partial charge in [0.2, 0.25) is 0 Å². The molecule has 2 aromatic rings. The summed E-state index contributed by atoms with van der Waals surface area (Å²) in [5.74, 6) is -0.353. The quantitative estimate of drug-likeness (QED) is 0.627. The number of rotatable bonds is 5. The molecule has 0 heterocycles.